The SMILES string of the molecule is O=C(Nc1cc(Cl)ncn1)c1cccn1C1CCC1. The molecular formula is C13H13ClN4O. The highest BCUT2D eigenvalue weighted by Gasteiger charge is 2.23. The van der Waals surface area contributed by atoms with Crippen LogP contribution in [0.25, 0.3) is 0 Å². The van der Waals surface area contributed by atoms with Crippen molar-refractivity contribution in [2.24, 2.45) is 0 Å². The van der Waals surface area contributed by atoms with E-state index in [1.54, 1.807) is 0 Å². The zero-order valence-corrected chi connectivity index (χ0v) is 11.0. The molecule has 98 valence electrons. The number of rotatable bonds is 3. The predicted molar refractivity (Wildman–Crippen MR) is 72.3 cm³/mol. The van der Waals surface area contributed by atoms with Crippen molar-refractivity contribution in [2.75, 3.05) is 5.32 Å². The van der Waals surface area contributed by atoms with Gasteiger partial charge in [0.2, 0.25) is 0 Å². The average molecular weight is 277 g/mol. The van der Waals surface area contributed by atoms with Gasteiger partial charge in [0.15, 0.2) is 0 Å². The second-order valence-corrected chi connectivity index (χ2v) is 4.95. The first-order valence-electron chi connectivity index (χ1n) is 6.20. The Morgan fingerprint density at radius 3 is 2.95 bits per heavy atom. The molecule has 2 aromatic rings. The summed E-state index contributed by atoms with van der Waals surface area (Å²) in [6.45, 7) is 0. The van der Waals surface area contributed by atoms with E-state index in [1.165, 1.54) is 18.8 Å². The predicted octanol–water partition coefficient (Wildman–Crippen LogP) is 2.91. The second kappa shape index (κ2) is 5.01. The summed E-state index contributed by atoms with van der Waals surface area (Å²) in [5, 5.41) is 3.04. The average Bonchev–Trinajstić information content (AvgIpc) is 2.75. The van der Waals surface area contributed by atoms with Crippen molar-refractivity contribution < 1.29 is 4.79 Å². The van der Waals surface area contributed by atoms with Crippen molar-refractivity contribution in [1.29, 1.82) is 0 Å². The number of aromatic nitrogens is 3. The first kappa shape index (κ1) is 12.2. The number of amides is 1. The lowest BCUT2D eigenvalue weighted by Crippen LogP contribution is -2.23. The van der Waals surface area contributed by atoms with E-state index in [9.17, 15) is 4.79 Å². The molecule has 0 saturated heterocycles. The van der Waals surface area contributed by atoms with E-state index in [4.69, 9.17) is 11.6 Å². The molecule has 2 aromatic heterocycles. The fourth-order valence-corrected chi connectivity index (χ4v) is 2.30. The quantitative estimate of drug-likeness (QED) is 0.877. The standard InChI is InChI=1S/C13H13ClN4O/c14-11-7-12(16-8-15-11)17-13(19)10-5-2-6-18(10)9-3-1-4-9/h2,5-9H,1,3-4H2,(H,15,16,17,19). The van der Waals surface area contributed by atoms with E-state index in [0.29, 0.717) is 22.7 Å². The monoisotopic (exact) mass is 276 g/mol. The van der Waals surface area contributed by atoms with Gasteiger partial charge in [0.1, 0.15) is 23.0 Å². The van der Waals surface area contributed by atoms with Gasteiger partial charge in [-0.25, -0.2) is 9.97 Å². The maximum atomic E-state index is 12.2. The smallest absolute Gasteiger partial charge is 0.273 e. The topological polar surface area (TPSA) is 59.8 Å². The van der Waals surface area contributed by atoms with E-state index >= 15 is 0 Å². The molecule has 1 N–H and O–H groups in total. The highest BCUT2D eigenvalue weighted by molar-refractivity contribution is 6.29. The Hall–Kier alpha value is -1.88. The van der Waals surface area contributed by atoms with Gasteiger partial charge in [0.05, 0.1) is 0 Å². The summed E-state index contributed by atoms with van der Waals surface area (Å²) in [4.78, 5) is 20.0. The number of nitrogens with zero attached hydrogens (tertiary/aromatic N) is 3. The summed E-state index contributed by atoms with van der Waals surface area (Å²) < 4.78 is 2.03. The molecule has 19 heavy (non-hydrogen) atoms. The number of anilines is 1. The summed E-state index contributed by atoms with van der Waals surface area (Å²) in [5.74, 6) is 0.234. The minimum atomic E-state index is -0.174. The molecule has 1 aliphatic carbocycles. The molecule has 0 atom stereocenters. The van der Waals surface area contributed by atoms with E-state index < -0.39 is 0 Å². The fraction of sp³-hybridized carbons (Fsp3) is 0.308. The molecule has 0 spiro atoms. The van der Waals surface area contributed by atoms with Crippen molar-refractivity contribution in [3.05, 3.63) is 41.6 Å². The Morgan fingerprint density at radius 1 is 1.42 bits per heavy atom. The van der Waals surface area contributed by atoms with Crippen LogP contribution in [0.3, 0.4) is 0 Å². The van der Waals surface area contributed by atoms with Crippen LogP contribution in [0.2, 0.25) is 5.15 Å². The summed E-state index contributed by atoms with van der Waals surface area (Å²) in [5.41, 5.74) is 0.652. The van der Waals surface area contributed by atoms with Gasteiger partial charge in [-0.05, 0) is 31.4 Å². The van der Waals surface area contributed by atoms with Crippen LogP contribution < -0.4 is 5.32 Å². The molecule has 1 amide bonds. The summed E-state index contributed by atoms with van der Waals surface area (Å²) in [6, 6.07) is 5.68. The maximum Gasteiger partial charge on any atom is 0.273 e. The van der Waals surface area contributed by atoms with Crippen molar-refractivity contribution in [1.82, 2.24) is 14.5 Å². The summed E-state index contributed by atoms with van der Waals surface area (Å²) >= 11 is 5.76. The van der Waals surface area contributed by atoms with Gasteiger partial charge < -0.3 is 9.88 Å². The van der Waals surface area contributed by atoms with Crippen LogP contribution in [0.5, 0.6) is 0 Å². The Balaban J connectivity index is 1.79. The number of nitrogens with one attached hydrogen (secondary N) is 1. The first-order chi connectivity index (χ1) is 9.24. The van der Waals surface area contributed by atoms with E-state index in [0.717, 1.165) is 12.8 Å². The van der Waals surface area contributed by atoms with Crippen LogP contribution in [0.1, 0.15) is 35.8 Å². The van der Waals surface area contributed by atoms with E-state index in [2.05, 4.69) is 15.3 Å². The third-order valence-electron chi connectivity index (χ3n) is 3.35. The second-order valence-electron chi connectivity index (χ2n) is 4.57. The van der Waals surface area contributed by atoms with Gasteiger partial charge in [0, 0.05) is 18.3 Å². The minimum absolute atomic E-state index is 0.174. The van der Waals surface area contributed by atoms with Crippen molar-refractivity contribution in [3.63, 3.8) is 0 Å². The largest absolute Gasteiger partial charge is 0.340 e. The zero-order chi connectivity index (χ0) is 13.2. The lowest BCUT2D eigenvalue weighted by molar-refractivity contribution is 0.101. The molecule has 0 aliphatic heterocycles. The number of halogens is 1. The molecule has 1 fully saturated rings. The van der Waals surface area contributed by atoms with E-state index in [-0.39, 0.29) is 5.91 Å². The number of carbonyl (C=O) groups excluding carboxylic acids is 1. The molecular weight excluding hydrogens is 264 g/mol. The van der Waals surface area contributed by atoms with Gasteiger partial charge in [-0.2, -0.15) is 0 Å². The third-order valence-corrected chi connectivity index (χ3v) is 3.56. The molecule has 2 heterocycles. The number of hydrogen-bond acceptors (Lipinski definition) is 3. The highest BCUT2D eigenvalue weighted by Crippen LogP contribution is 2.32. The Kier molecular flexibility index (Phi) is 3.21. The minimum Gasteiger partial charge on any atom is -0.340 e. The first-order valence-corrected chi connectivity index (χ1v) is 6.57. The van der Waals surface area contributed by atoms with Crippen molar-refractivity contribution in [2.45, 2.75) is 25.3 Å². The zero-order valence-electron chi connectivity index (χ0n) is 10.2. The van der Waals surface area contributed by atoms with Crippen molar-refractivity contribution in [3.8, 4) is 0 Å². The number of carbonyl (C=O) groups is 1. The summed E-state index contributed by atoms with van der Waals surface area (Å²) in [6.07, 6.45) is 6.77. The van der Waals surface area contributed by atoms with Gasteiger partial charge in [-0.3, -0.25) is 4.79 Å². The maximum absolute atomic E-state index is 12.2. The van der Waals surface area contributed by atoms with Crippen molar-refractivity contribution >= 4 is 23.3 Å². The van der Waals surface area contributed by atoms with Gasteiger partial charge in [0.25, 0.3) is 5.91 Å². The third kappa shape index (κ3) is 2.46. The molecule has 0 unspecified atom stereocenters. The molecule has 1 aliphatic rings. The van der Waals surface area contributed by atoms with Crippen LogP contribution >= 0.6 is 11.6 Å². The lowest BCUT2D eigenvalue weighted by Gasteiger charge is -2.28. The van der Waals surface area contributed by atoms with Gasteiger partial charge in [-0.1, -0.05) is 11.6 Å². The molecule has 0 aromatic carbocycles. The van der Waals surface area contributed by atoms with Gasteiger partial charge >= 0.3 is 0 Å². The van der Waals surface area contributed by atoms with Gasteiger partial charge in [-0.15, -0.1) is 0 Å². The van der Waals surface area contributed by atoms with Crippen LogP contribution in [-0.2, 0) is 0 Å². The molecule has 0 radical (unpaired) electrons. The van der Waals surface area contributed by atoms with E-state index in [1.807, 2.05) is 22.9 Å². The Morgan fingerprint density at radius 2 is 2.26 bits per heavy atom. The lowest BCUT2D eigenvalue weighted by atomic mass is 9.93. The Bertz CT molecular complexity index is 606. The molecule has 0 bridgehead atoms. The van der Waals surface area contributed by atoms with Crippen LogP contribution in [0, 0.1) is 0 Å². The van der Waals surface area contributed by atoms with Crippen LogP contribution in [0.15, 0.2) is 30.7 Å². The number of hydrogen-bond donors (Lipinski definition) is 1. The Labute approximate surface area is 115 Å². The summed E-state index contributed by atoms with van der Waals surface area (Å²) in [7, 11) is 0. The van der Waals surface area contributed by atoms with Crippen LogP contribution in [-0.4, -0.2) is 20.4 Å². The fourth-order valence-electron chi connectivity index (χ4n) is 2.15. The molecule has 5 nitrogen and oxygen atoms in total. The highest BCUT2D eigenvalue weighted by atomic mass is 35.5. The molecule has 6 heteroatoms. The van der Waals surface area contributed by atoms with Crippen LogP contribution in [0.4, 0.5) is 5.82 Å². The molecule has 3 rings (SSSR count). The normalized spacial score (nSPS) is 15.0. The molecule has 1 saturated carbocycles.